The van der Waals surface area contributed by atoms with Crippen LogP contribution in [0.3, 0.4) is 0 Å². The first-order valence-electron chi connectivity index (χ1n) is 9.82. The van der Waals surface area contributed by atoms with Crippen molar-refractivity contribution in [3.8, 4) is 0 Å². The van der Waals surface area contributed by atoms with E-state index in [1.165, 1.54) is 24.0 Å². The van der Waals surface area contributed by atoms with E-state index < -0.39 is 0 Å². The summed E-state index contributed by atoms with van der Waals surface area (Å²) in [5.41, 5.74) is 2.43. The van der Waals surface area contributed by atoms with Crippen molar-refractivity contribution < 1.29 is 4.79 Å². The van der Waals surface area contributed by atoms with Crippen molar-refractivity contribution >= 4 is 18.3 Å². The molecule has 2 aliphatic rings. The third kappa shape index (κ3) is 4.53. The Morgan fingerprint density at radius 2 is 1.44 bits per heavy atom. The molecule has 0 aromatic heterocycles. The van der Waals surface area contributed by atoms with Crippen LogP contribution in [0.15, 0.2) is 60.7 Å². The van der Waals surface area contributed by atoms with Gasteiger partial charge in [-0.25, -0.2) is 0 Å². The first kappa shape index (κ1) is 19.9. The summed E-state index contributed by atoms with van der Waals surface area (Å²) in [6, 6.07) is 22.4. The van der Waals surface area contributed by atoms with E-state index in [0.717, 1.165) is 12.8 Å². The number of nitrogens with zero attached hydrogens (tertiary/aromatic N) is 1. The van der Waals surface area contributed by atoms with Crippen molar-refractivity contribution in [3.63, 3.8) is 0 Å². The smallest absolute Gasteiger partial charge is 0.223 e. The van der Waals surface area contributed by atoms with E-state index in [2.05, 4.69) is 53.8 Å². The Kier molecular flexibility index (Phi) is 6.56. The molecule has 27 heavy (non-hydrogen) atoms. The molecular formula is C23H29ClN2O. The van der Waals surface area contributed by atoms with Gasteiger partial charge in [0.15, 0.2) is 0 Å². The van der Waals surface area contributed by atoms with Crippen LogP contribution in [-0.2, 0) is 4.79 Å². The van der Waals surface area contributed by atoms with E-state index in [9.17, 15) is 4.79 Å². The van der Waals surface area contributed by atoms with Gasteiger partial charge in [0.05, 0.1) is 0 Å². The number of piperidine rings is 1. The molecule has 2 aliphatic heterocycles. The maximum atomic E-state index is 13.1. The van der Waals surface area contributed by atoms with Crippen LogP contribution in [0.2, 0.25) is 0 Å². The van der Waals surface area contributed by atoms with Gasteiger partial charge in [0.2, 0.25) is 5.91 Å². The minimum Gasteiger partial charge on any atom is -0.343 e. The van der Waals surface area contributed by atoms with E-state index in [0.29, 0.717) is 24.5 Å². The molecule has 1 N–H and O–H groups in total. The van der Waals surface area contributed by atoms with Crippen LogP contribution < -0.4 is 5.32 Å². The van der Waals surface area contributed by atoms with Gasteiger partial charge in [-0.05, 0) is 36.8 Å². The van der Waals surface area contributed by atoms with Gasteiger partial charge in [-0.3, -0.25) is 4.79 Å². The Morgan fingerprint density at radius 3 is 1.93 bits per heavy atom. The topological polar surface area (TPSA) is 32.3 Å². The van der Waals surface area contributed by atoms with Gasteiger partial charge in [0, 0.05) is 37.5 Å². The highest BCUT2D eigenvalue weighted by Gasteiger charge is 2.36. The first-order valence-corrected chi connectivity index (χ1v) is 9.82. The van der Waals surface area contributed by atoms with E-state index >= 15 is 0 Å². The maximum absolute atomic E-state index is 13.1. The number of hydrogen-bond donors (Lipinski definition) is 1. The Balaban J connectivity index is 0.00000210. The van der Waals surface area contributed by atoms with Crippen molar-refractivity contribution in [3.05, 3.63) is 71.8 Å². The minimum atomic E-state index is 0. The second kappa shape index (κ2) is 8.90. The minimum absolute atomic E-state index is 0. The quantitative estimate of drug-likeness (QED) is 0.830. The Morgan fingerprint density at radius 1 is 0.963 bits per heavy atom. The summed E-state index contributed by atoms with van der Waals surface area (Å²) in [7, 11) is 2.00. The van der Waals surface area contributed by atoms with Crippen LogP contribution in [0.5, 0.6) is 0 Å². The molecule has 4 rings (SSSR count). The van der Waals surface area contributed by atoms with Crippen LogP contribution in [0.4, 0.5) is 0 Å². The summed E-state index contributed by atoms with van der Waals surface area (Å²) in [6.45, 7) is 0. The van der Waals surface area contributed by atoms with Crippen molar-refractivity contribution in [1.29, 1.82) is 0 Å². The monoisotopic (exact) mass is 384 g/mol. The normalized spacial score (nSPS) is 23.7. The molecule has 0 radical (unpaired) electrons. The predicted molar refractivity (Wildman–Crippen MR) is 112 cm³/mol. The van der Waals surface area contributed by atoms with Gasteiger partial charge in [-0.2, -0.15) is 0 Å². The van der Waals surface area contributed by atoms with Gasteiger partial charge in [-0.15, -0.1) is 12.4 Å². The van der Waals surface area contributed by atoms with Crippen molar-refractivity contribution in [2.75, 3.05) is 7.05 Å². The van der Waals surface area contributed by atoms with E-state index in [1.54, 1.807) is 0 Å². The van der Waals surface area contributed by atoms with Gasteiger partial charge < -0.3 is 10.2 Å². The second-order valence-corrected chi connectivity index (χ2v) is 7.85. The highest BCUT2D eigenvalue weighted by molar-refractivity contribution is 5.85. The summed E-state index contributed by atoms with van der Waals surface area (Å²) >= 11 is 0. The molecule has 2 unspecified atom stereocenters. The highest BCUT2D eigenvalue weighted by atomic mass is 35.5. The molecule has 2 fully saturated rings. The Hall–Kier alpha value is -1.84. The van der Waals surface area contributed by atoms with Crippen molar-refractivity contribution in [2.45, 2.75) is 56.1 Å². The zero-order chi connectivity index (χ0) is 17.9. The fraction of sp³-hybridized carbons (Fsp3) is 0.435. The van der Waals surface area contributed by atoms with Crippen LogP contribution in [0, 0.1) is 0 Å². The zero-order valence-corrected chi connectivity index (χ0v) is 16.7. The Labute approximate surface area is 168 Å². The van der Waals surface area contributed by atoms with Gasteiger partial charge in [-0.1, -0.05) is 60.7 Å². The molecule has 144 valence electrons. The third-order valence-electron chi connectivity index (χ3n) is 6.17. The lowest BCUT2D eigenvalue weighted by atomic mass is 9.87. The maximum Gasteiger partial charge on any atom is 0.223 e. The van der Waals surface area contributed by atoms with Crippen molar-refractivity contribution in [2.24, 2.45) is 0 Å². The molecule has 4 heteroatoms. The summed E-state index contributed by atoms with van der Waals surface area (Å²) < 4.78 is 0. The number of hydrogen-bond acceptors (Lipinski definition) is 2. The van der Waals surface area contributed by atoms with E-state index in [-0.39, 0.29) is 24.2 Å². The molecule has 0 saturated carbocycles. The first-order chi connectivity index (χ1) is 12.7. The third-order valence-corrected chi connectivity index (χ3v) is 6.17. The van der Waals surface area contributed by atoms with Crippen LogP contribution in [0.1, 0.15) is 49.1 Å². The molecule has 0 spiro atoms. The molecule has 0 aliphatic carbocycles. The number of halogens is 1. The molecule has 2 heterocycles. The molecule has 2 saturated heterocycles. The average Bonchev–Trinajstić information content (AvgIpc) is 3.04. The standard InChI is InChI=1S/C23H28N2O.ClH/c1-25(21-14-19-12-13-20(15-21)24-19)23(26)16-22(17-8-4-2-5-9-17)18-10-6-3-7-11-18;/h2-11,19-22,24H,12-16H2,1H3;1H. The van der Waals surface area contributed by atoms with E-state index in [4.69, 9.17) is 0 Å². The molecule has 2 aromatic carbocycles. The number of rotatable bonds is 5. The number of amides is 1. The fourth-order valence-electron chi connectivity index (χ4n) is 4.66. The van der Waals surface area contributed by atoms with E-state index in [1.807, 2.05) is 24.1 Å². The molecule has 2 aromatic rings. The number of benzene rings is 2. The van der Waals surface area contributed by atoms with Crippen LogP contribution in [0.25, 0.3) is 0 Å². The summed E-state index contributed by atoms with van der Waals surface area (Å²) in [4.78, 5) is 15.2. The number of carbonyl (C=O) groups is 1. The van der Waals surface area contributed by atoms with Crippen molar-refractivity contribution in [1.82, 2.24) is 10.2 Å². The number of fused-ring (bicyclic) bond motifs is 2. The Bertz CT molecular complexity index is 685. The molecule has 2 atom stereocenters. The van der Waals surface area contributed by atoms with Gasteiger partial charge >= 0.3 is 0 Å². The predicted octanol–water partition coefficient (Wildman–Crippen LogP) is 4.37. The number of carbonyl (C=O) groups excluding carboxylic acids is 1. The molecule has 3 nitrogen and oxygen atoms in total. The zero-order valence-electron chi connectivity index (χ0n) is 15.9. The van der Waals surface area contributed by atoms with Gasteiger partial charge in [0.1, 0.15) is 0 Å². The van der Waals surface area contributed by atoms with Crippen LogP contribution >= 0.6 is 12.4 Å². The summed E-state index contributed by atoms with van der Waals surface area (Å²) in [6.07, 6.45) is 5.25. The SMILES string of the molecule is CN(C(=O)CC(c1ccccc1)c1ccccc1)C1CC2CCC(C1)N2.Cl. The summed E-state index contributed by atoms with van der Waals surface area (Å²) in [5, 5.41) is 3.67. The molecular weight excluding hydrogens is 356 g/mol. The average molecular weight is 385 g/mol. The lowest BCUT2D eigenvalue weighted by molar-refractivity contribution is -0.132. The summed E-state index contributed by atoms with van der Waals surface area (Å²) in [5.74, 6) is 0.375. The molecule has 1 amide bonds. The number of nitrogens with one attached hydrogen (secondary N) is 1. The largest absolute Gasteiger partial charge is 0.343 e. The highest BCUT2D eigenvalue weighted by Crippen LogP contribution is 2.32. The lowest BCUT2D eigenvalue weighted by Crippen LogP contribution is -2.48. The molecule has 2 bridgehead atoms. The fourth-order valence-corrected chi connectivity index (χ4v) is 4.66. The van der Waals surface area contributed by atoms with Crippen LogP contribution in [-0.4, -0.2) is 36.0 Å². The second-order valence-electron chi connectivity index (χ2n) is 7.85. The van der Waals surface area contributed by atoms with Gasteiger partial charge in [0.25, 0.3) is 0 Å². The lowest BCUT2D eigenvalue weighted by Gasteiger charge is -2.36.